The molecule has 0 unspecified atom stereocenters. The van der Waals surface area contributed by atoms with Crippen molar-refractivity contribution in [3.8, 4) is 11.5 Å². The zero-order chi connectivity index (χ0) is 23.9. The summed E-state index contributed by atoms with van der Waals surface area (Å²) >= 11 is 0. The van der Waals surface area contributed by atoms with Crippen LogP contribution in [-0.4, -0.2) is 19.0 Å². The van der Waals surface area contributed by atoms with Crippen LogP contribution in [0, 0.1) is 5.92 Å². The Hall–Kier alpha value is -4.26. The second-order valence-electron chi connectivity index (χ2n) is 7.97. The van der Waals surface area contributed by atoms with E-state index in [4.69, 9.17) is 9.47 Å². The van der Waals surface area contributed by atoms with Crippen LogP contribution in [0.4, 0.5) is 4.79 Å². The average Bonchev–Trinajstić information content (AvgIpc) is 2.86. The van der Waals surface area contributed by atoms with Crippen LogP contribution in [0.5, 0.6) is 11.5 Å². The summed E-state index contributed by atoms with van der Waals surface area (Å²) < 4.78 is 11.5. The van der Waals surface area contributed by atoms with Crippen molar-refractivity contribution in [2.24, 2.45) is 5.92 Å². The molecule has 0 aliphatic carbocycles. The zero-order valence-electron chi connectivity index (χ0n) is 18.9. The number of carbonyl (C=O) groups is 2. The molecule has 0 saturated carbocycles. The van der Waals surface area contributed by atoms with Crippen molar-refractivity contribution in [3.63, 3.8) is 0 Å². The van der Waals surface area contributed by atoms with Crippen LogP contribution in [0.15, 0.2) is 91.1 Å². The minimum absolute atomic E-state index is 0.241. The van der Waals surface area contributed by atoms with Crippen molar-refractivity contribution >= 4 is 11.9 Å². The number of amides is 3. The molecule has 1 aliphatic rings. The van der Waals surface area contributed by atoms with Gasteiger partial charge in [0.1, 0.15) is 12.5 Å². The van der Waals surface area contributed by atoms with Gasteiger partial charge in [-0.2, -0.15) is 0 Å². The standard InChI is InChI=1S/C27H27N3O4/c1-18-24(26(31)28-16-19-9-5-3-6-10-19)25(30-27(32)29-18)21-13-14-22(23(15-21)33-2)34-17-20-11-7-4-8-12-20/h3-15,24-25H,1,16-17H2,2H3,(H,28,31)(H2,29,30,32)/t24-,25+/m0/s1. The van der Waals surface area contributed by atoms with E-state index < -0.39 is 18.0 Å². The summed E-state index contributed by atoms with van der Waals surface area (Å²) in [7, 11) is 1.55. The molecule has 3 aromatic rings. The summed E-state index contributed by atoms with van der Waals surface area (Å²) in [4.78, 5) is 25.3. The van der Waals surface area contributed by atoms with Crippen LogP contribution in [0.2, 0.25) is 0 Å². The molecule has 1 saturated heterocycles. The predicted octanol–water partition coefficient (Wildman–Crippen LogP) is 4.07. The maximum Gasteiger partial charge on any atom is 0.319 e. The third-order valence-corrected chi connectivity index (χ3v) is 5.65. The van der Waals surface area contributed by atoms with Crippen LogP contribution >= 0.6 is 0 Å². The van der Waals surface area contributed by atoms with E-state index in [0.717, 1.165) is 11.1 Å². The molecule has 0 radical (unpaired) electrons. The van der Waals surface area contributed by atoms with E-state index in [1.807, 2.05) is 66.7 Å². The second kappa shape index (κ2) is 10.6. The van der Waals surface area contributed by atoms with E-state index in [2.05, 4.69) is 22.5 Å². The number of hydrogen-bond acceptors (Lipinski definition) is 4. The maximum atomic E-state index is 13.1. The number of carbonyl (C=O) groups excluding carboxylic acids is 2. The van der Waals surface area contributed by atoms with Crippen molar-refractivity contribution in [3.05, 3.63) is 108 Å². The van der Waals surface area contributed by atoms with Gasteiger partial charge in [0.15, 0.2) is 11.5 Å². The Kier molecular flexibility index (Phi) is 7.13. The number of methoxy groups -OCH3 is 1. The van der Waals surface area contributed by atoms with Crippen molar-refractivity contribution in [1.82, 2.24) is 16.0 Å². The Morgan fingerprint density at radius 2 is 1.65 bits per heavy atom. The zero-order valence-corrected chi connectivity index (χ0v) is 18.9. The first-order valence-electron chi connectivity index (χ1n) is 11.0. The van der Waals surface area contributed by atoms with Gasteiger partial charge in [-0.15, -0.1) is 0 Å². The molecule has 1 aliphatic heterocycles. The molecule has 3 N–H and O–H groups in total. The first-order chi connectivity index (χ1) is 16.5. The Bertz CT molecular complexity index is 1170. The van der Waals surface area contributed by atoms with E-state index in [9.17, 15) is 9.59 Å². The number of urea groups is 1. The fraction of sp³-hybridized carbons (Fsp3) is 0.185. The van der Waals surface area contributed by atoms with Gasteiger partial charge in [0.05, 0.1) is 13.2 Å². The molecule has 174 valence electrons. The lowest BCUT2D eigenvalue weighted by atomic mass is 9.88. The fourth-order valence-electron chi connectivity index (χ4n) is 3.90. The van der Waals surface area contributed by atoms with Crippen LogP contribution in [0.1, 0.15) is 22.7 Å². The molecule has 7 heteroatoms. The number of hydrogen-bond donors (Lipinski definition) is 3. The molecular formula is C27H27N3O4. The van der Waals surface area contributed by atoms with Crippen molar-refractivity contribution in [2.45, 2.75) is 19.2 Å². The fourth-order valence-corrected chi connectivity index (χ4v) is 3.90. The average molecular weight is 458 g/mol. The molecule has 0 aromatic heterocycles. The molecule has 1 heterocycles. The van der Waals surface area contributed by atoms with Crippen LogP contribution in [-0.2, 0) is 17.9 Å². The minimum atomic E-state index is -0.706. The van der Waals surface area contributed by atoms with Crippen LogP contribution in [0.25, 0.3) is 0 Å². The Morgan fingerprint density at radius 1 is 0.971 bits per heavy atom. The third kappa shape index (κ3) is 5.38. The van der Waals surface area contributed by atoms with Gasteiger partial charge in [0.25, 0.3) is 0 Å². The lowest BCUT2D eigenvalue weighted by Gasteiger charge is -2.34. The van der Waals surface area contributed by atoms with Gasteiger partial charge in [-0.05, 0) is 28.8 Å². The highest BCUT2D eigenvalue weighted by Gasteiger charge is 2.38. The quantitative estimate of drug-likeness (QED) is 0.476. The Balaban J connectivity index is 1.53. The summed E-state index contributed by atoms with van der Waals surface area (Å²) in [5.41, 5.74) is 3.06. The summed E-state index contributed by atoms with van der Waals surface area (Å²) in [5.74, 6) is 0.131. The smallest absolute Gasteiger partial charge is 0.319 e. The predicted molar refractivity (Wildman–Crippen MR) is 129 cm³/mol. The van der Waals surface area contributed by atoms with Crippen LogP contribution < -0.4 is 25.4 Å². The first-order valence-corrected chi connectivity index (χ1v) is 11.0. The van der Waals surface area contributed by atoms with E-state index in [-0.39, 0.29) is 5.91 Å². The summed E-state index contributed by atoms with van der Waals surface area (Å²) in [6.45, 7) is 4.70. The molecule has 2 atom stereocenters. The molecule has 1 fully saturated rings. The molecule has 0 bridgehead atoms. The van der Waals surface area contributed by atoms with E-state index in [1.165, 1.54) is 0 Å². The molecule has 34 heavy (non-hydrogen) atoms. The number of nitrogens with one attached hydrogen (secondary N) is 3. The Morgan fingerprint density at radius 3 is 2.32 bits per heavy atom. The van der Waals surface area contributed by atoms with Gasteiger partial charge >= 0.3 is 6.03 Å². The summed E-state index contributed by atoms with van der Waals surface area (Å²) in [5, 5.41) is 8.42. The van der Waals surface area contributed by atoms with Gasteiger partial charge in [-0.1, -0.05) is 73.3 Å². The highest BCUT2D eigenvalue weighted by Crippen LogP contribution is 2.35. The highest BCUT2D eigenvalue weighted by molar-refractivity contribution is 5.88. The molecule has 4 rings (SSSR count). The van der Waals surface area contributed by atoms with Gasteiger partial charge in [0, 0.05) is 12.2 Å². The summed E-state index contributed by atoms with van der Waals surface area (Å²) in [6.07, 6.45) is 0. The van der Waals surface area contributed by atoms with E-state index in [1.54, 1.807) is 19.2 Å². The molecule has 0 spiro atoms. The largest absolute Gasteiger partial charge is 0.493 e. The summed E-state index contributed by atoms with van der Waals surface area (Å²) in [6, 6.07) is 23.8. The van der Waals surface area contributed by atoms with Gasteiger partial charge in [-0.25, -0.2) is 4.79 Å². The number of rotatable bonds is 8. The maximum absolute atomic E-state index is 13.1. The molecule has 7 nitrogen and oxygen atoms in total. The third-order valence-electron chi connectivity index (χ3n) is 5.65. The van der Waals surface area contributed by atoms with E-state index in [0.29, 0.717) is 35.9 Å². The SMILES string of the molecule is C=C1NC(=O)N[C@H](c2ccc(OCc3ccccc3)c(OC)c2)[C@H]1C(=O)NCc1ccccc1. The minimum Gasteiger partial charge on any atom is -0.493 e. The number of ether oxygens (including phenoxy) is 2. The second-order valence-corrected chi connectivity index (χ2v) is 7.97. The molecule has 3 amide bonds. The van der Waals surface area contributed by atoms with Gasteiger partial charge < -0.3 is 25.4 Å². The van der Waals surface area contributed by atoms with Crippen molar-refractivity contribution in [2.75, 3.05) is 7.11 Å². The molecular weight excluding hydrogens is 430 g/mol. The Labute approximate surface area is 198 Å². The van der Waals surface area contributed by atoms with Crippen molar-refractivity contribution in [1.29, 1.82) is 0 Å². The van der Waals surface area contributed by atoms with E-state index >= 15 is 0 Å². The van der Waals surface area contributed by atoms with Crippen molar-refractivity contribution < 1.29 is 19.1 Å². The number of benzene rings is 3. The highest BCUT2D eigenvalue weighted by atomic mass is 16.5. The van der Waals surface area contributed by atoms with Gasteiger partial charge in [-0.3, -0.25) is 4.79 Å². The lowest BCUT2D eigenvalue weighted by molar-refractivity contribution is -0.125. The first kappa shape index (κ1) is 22.9. The monoisotopic (exact) mass is 457 g/mol. The molecule has 3 aromatic carbocycles. The topological polar surface area (TPSA) is 88.7 Å². The normalized spacial score (nSPS) is 17.3. The lowest BCUT2D eigenvalue weighted by Crippen LogP contribution is -2.52. The van der Waals surface area contributed by atoms with Crippen LogP contribution in [0.3, 0.4) is 0 Å². The van der Waals surface area contributed by atoms with Gasteiger partial charge in [0.2, 0.25) is 5.91 Å².